The maximum atomic E-state index is 10.6. The molecule has 2 saturated carbocycles. The molecular weight excluding hydrogens is 451 g/mol. The first-order valence-electron chi connectivity index (χ1n) is 11.7. The molecule has 0 unspecified atom stereocenters. The second-order valence-corrected chi connectivity index (χ2v) is 9.10. The highest BCUT2D eigenvalue weighted by molar-refractivity contribution is 5.73. The molecule has 12 heteroatoms. The van der Waals surface area contributed by atoms with Gasteiger partial charge in [0.05, 0.1) is 18.6 Å². The van der Waals surface area contributed by atoms with Gasteiger partial charge in [-0.25, -0.2) is 14.8 Å². The molecule has 186 valence electrons. The molecule has 3 aliphatic rings. The minimum Gasteiger partial charge on any atom is -0.475 e. The predicted octanol–water partition coefficient (Wildman–Crippen LogP) is 3.28. The van der Waals surface area contributed by atoms with E-state index in [1.165, 1.54) is 30.7 Å². The van der Waals surface area contributed by atoms with Crippen LogP contribution in [-0.2, 0) is 17.8 Å². The quantitative estimate of drug-likeness (QED) is 0.608. The molecule has 5 rings (SSSR count). The molecule has 0 radical (unpaired) electrons. The third-order valence-corrected chi connectivity index (χ3v) is 6.70. The summed E-state index contributed by atoms with van der Waals surface area (Å²) in [5.74, 6) is -1.03. The third kappa shape index (κ3) is 5.78. The van der Waals surface area contributed by atoms with Crippen molar-refractivity contribution in [3.05, 3.63) is 30.0 Å². The largest absolute Gasteiger partial charge is 0.490 e. The Kier molecular flexibility index (Phi) is 7.24. The molecule has 0 aromatic carbocycles. The number of hydrogen-bond donors (Lipinski definition) is 3. The first kappa shape index (κ1) is 24.2. The van der Waals surface area contributed by atoms with Crippen molar-refractivity contribution in [2.24, 2.45) is 5.73 Å². The molecule has 0 spiro atoms. The third-order valence-electron chi connectivity index (χ3n) is 6.70. The van der Waals surface area contributed by atoms with Crippen LogP contribution in [0, 0.1) is 0 Å². The minimum absolute atomic E-state index is 0.367. The van der Waals surface area contributed by atoms with Crippen molar-refractivity contribution in [1.82, 2.24) is 19.5 Å². The average Bonchev–Trinajstić information content (AvgIpc) is 3.17. The number of nitrogens with zero attached hydrogens (tertiary/aromatic N) is 5. The summed E-state index contributed by atoms with van der Waals surface area (Å²) in [5.41, 5.74) is 8.63. The van der Waals surface area contributed by atoms with Gasteiger partial charge in [-0.05, 0) is 51.0 Å². The summed E-state index contributed by atoms with van der Waals surface area (Å²) in [5, 5.41) is 10.7. The van der Waals surface area contributed by atoms with E-state index in [4.69, 9.17) is 25.6 Å². The van der Waals surface area contributed by atoms with Crippen molar-refractivity contribution >= 4 is 17.7 Å². The highest BCUT2D eigenvalue weighted by Crippen LogP contribution is 2.34. The fraction of sp³-hybridized carbons (Fsp3) is 0.636. The van der Waals surface area contributed by atoms with Crippen molar-refractivity contribution in [2.75, 3.05) is 16.8 Å². The van der Waals surface area contributed by atoms with Gasteiger partial charge in [-0.1, -0.05) is 0 Å². The van der Waals surface area contributed by atoms with Crippen LogP contribution in [0.3, 0.4) is 0 Å². The Balaban J connectivity index is 0.000000344. The van der Waals surface area contributed by atoms with Crippen LogP contribution in [0.25, 0.3) is 0 Å². The van der Waals surface area contributed by atoms with Crippen LogP contribution in [-0.4, -0.2) is 55.4 Å². The first-order valence-corrected chi connectivity index (χ1v) is 11.7. The number of anilines is 2. The van der Waals surface area contributed by atoms with Crippen LogP contribution in [0.2, 0.25) is 0 Å². The normalized spacial score (nSPS) is 22.8. The molecule has 0 atom stereocenters. The van der Waals surface area contributed by atoms with E-state index in [1.54, 1.807) is 0 Å². The molecule has 2 aromatic heterocycles. The van der Waals surface area contributed by atoms with Gasteiger partial charge in [0.2, 0.25) is 5.95 Å². The second-order valence-electron chi connectivity index (χ2n) is 9.10. The average molecular weight is 482 g/mol. The molecule has 2 aromatic rings. The Hall–Kier alpha value is -2.89. The number of hydrogen-bond acceptors (Lipinski definition) is 7. The lowest BCUT2D eigenvalue weighted by Gasteiger charge is -2.32. The molecule has 2 aliphatic carbocycles. The number of nitrogens with one attached hydrogen (secondary N) is 1. The molecule has 4 N–H and O–H groups in total. The van der Waals surface area contributed by atoms with Crippen LogP contribution in [0.4, 0.5) is 24.9 Å². The molecule has 2 fully saturated rings. The number of fused-ring (bicyclic) bond motifs is 1. The number of carbonyl (C=O) groups is 1. The van der Waals surface area contributed by atoms with Gasteiger partial charge in [0.15, 0.2) is 0 Å². The van der Waals surface area contributed by atoms with E-state index >= 15 is 0 Å². The molecule has 9 nitrogen and oxygen atoms in total. The van der Waals surface area contributed by atoms with Gasteiger partial charge in [0.1, 0.15) is 5.82 Å². The fourth-order valence-corrected chi connectivity index (χ4v) is 4.54. The summed E-state index contributed by atoms with van der Waals surface area (Å²) in [4.78, 5) is 25.2. The lowest BCUT2D eigenvalue weighted by atomic mass is 9.92. The molecule has 34 heavy (non-hydrogen) atoms. The van der Waals surface area contributed by atoms with Crippen molar-refractivity contribution in [1.29, 1.82) is 0 Å². The number of rotatable bonds is 4. The van der Waals surface area contributed by atoms with Crippen LogP contribution >= 0.6 is 0 Å². The lowest BCUT2D eigenvalue weighted by Crippen LogP contribution is -2.34. The fourth-order valence-electron chi connectivity index (χ4n) is 4.54. The van der Waals surface area contributed by atoms with Crippen molar-refractivity contribution < 1.29 is 23.1 Å². The standard InChI is InChI=1S/C20H29N7.C2HF3O2/c21-14-4-6-15(7-5-14)24-19-8-10-22-20(25-19)26-11-9-18-17(12-26)23-13-27(18)16-2-1-3-16;3-2(4,5)1(6)7/h8,10,13-16H,1-7,9,11-12,21H2,(H,22,24,25);(H,6,7). The number of imidazole rings is 1. The molecule has 3 heterocycles. The number of nitrogens with two attached hydrogens (primary N) is 1. The molecule has 1 aliphatic heterocycles. The van der Waals surface area contributed by atoms with Crippen LogP contribution in [0.1, 0.15) is 62.4 Å². The van der Waals surface area contributed by atoms with Gasteiger partial charge < -0.3 is 25.6 Å². The zero-order chi connectivity index (χ0) is 24.3. The maximum absolute atomic E-state index is 10.6. The van der Waals surface area contributed by atoms with E-state index in [0.717, 1.165) is 57.0 Å². The smallest absolute Gasteiger partial charge is 0.475 e. The maximum Gasteiger partial charge on any atom is 0.490 e. The van der Waals surface area contributed by atoms with Gasteiger partial charge in [-0.2, -0.15) is 18.2 Å². The van der Waals surface area contributed by atoms with E-state index in [2.05, 4.69) is 19.8 Å². The van der Waals surface area contributed by atoms with E-state index in [0.29, 0.717) is 18.1 Å². The summed E-state index contributed by atoms with van der Waals surface area (Å²) in [7, 11) is 0. The summed E-state index contributed by atoms with van der Waals surface area (Å²) in [6, 6.07) is 3.49. The topological polar surface area (TPSA) is 122 Å². The van der Waals surface area contributed by atoms with Crippen LogP contribution in [0.15, 0.2) is 18.6 Å². The first-order chi connectivity index (χ1) is 16.2. The highest BCUT2D eigenvalue weighted by atomic mass is 19.4. The zero-order valence-corrected chi connectivity index (χ0v) is 18.8. The SMILES string of the molecule is NC1CCC(Nc2ccnc(N3CCc4c(ncn4C4CCC4)C3)n2)CC1.O=C(O)C(F)(F)F. The lowest BCUT2D eigenvalue weighted by molar-refractivity contribution is -0.192. The second kappa shape index (κ2) is 10.2. The highest BCUT2D eigenvalue weighted by Gasteiger charge is 2.38. The summed E-state index contributed by atoms with van der Waals surface area (Å²) >= 11 is 0. The van der Waals surface area contributed by atoms with Gasteiger partial charge in [-0.15, -0.1) is 0 Å². The molecule has 0 saturated heterocycles. The van der Waals surface area contributed by atoms with E-state index in [-0.39, 0.29) is 0 Å². The minimum atomic E-state index is -5.08. The number of carboxylic acids is 1. The number of alkyl halides is 3. The Bertz CT molecular complexity index is 985. The van der Waals surface area contributed by atoms with Gasteiger partial charge >= 0.3 is 12.1 Å². The van der Waals surface area contributed by atoms with Crippen molar-refractivity contribution in [2.45, 2.75) is 82.2 Å². The van der Waals surface area contributed by atoms with E-state index in [1.807, 2.05) is 18.6 Å². The Morgan fingerprint density at radius 3 is 2.47 bits per heavy atom. The van der Waals surface area contributed by atoms with Crippen LogP contribution in [0.5, 0.6) is 0 Å². The summed E-state index contributed by atoms with van der Waals surface area (Å²) in [6.45, 7) is 1.75. The van der Waals surface area contributed by atoms with Crippen molar-refractivity contribution in [3.63, 3.8) is 0 Å². The van der Waals surface area contributed by atoms with Gasteiger partial charge in [-0.3, -0.25) is 0 Å². The Morgan fingerprint density at radius 1 is 1.15 bits per heavy atom. The van der Waals surface area contributed by atoms with Gasteiger partial charge in [0, 0.05) is 43.0 Å². The number of aliphatic carboxylic acids is 1. The number of aromatic nitrogens is 4. The Morgan fingerprint density at radius 2 is 1.85 bits per heavy atom. The van der Waals surface area contributed by atoms with Crippen molar-refractivity contribution in [3.8, 4) is 0 Å². The molecule has 0 bridgehead atoms. The molecular formula is C22H30F3N7O2. The monoisotopic (exact) mass is 481 g/mol. The number of halogens is 3. The van der Waals surface area contributed by atoms with E-state index in [9.17, 15) is 13.2 Å². The van der Waals surface area contributed by atoms with Gasteiger partial charge in [0.25, 0.3) is 0 Å². The van der Waals surface area contributed by atoms with E-state index < -0.39 is 12.1 Å². The predicted molar refractivity (Wildman–Crippen MR) is 119 cm³/mol. The number of carboxylic acid groups (broad SMARTS) is 1. The van der Waals surface area contributed by atoms with Crippen LogP contribution < -0.4 is 16.0 Å². The summed E-state index contributed by atoms with van der Waals surface area (Å²) in [6.07, 6.45) is 8.22. The molecule has 0 amide bonds. The summed E-state index contributed by atoms with van der Waals surface area (Å²) < 4.78 is 34.2. The Labute approximate surface area is 195 Å². The zero-order valence-electron chi connectivity index (χ0n) is 18.8.